The molecular weight excluding hydrogens is 357 g/mol. The van der Waals surface area contributed by atoms with Gasteiger partial charge < -0.3 is 15.2 Å². The van der Waals surface area contributed by atoms with E-state index < -0.39 is 11.4 Å². The highest BCUT2D eigenvalue weighted by molar-refractivity contribution is 8.13. The number of nitrogens with one attached hydrogen (secondary N) is 1. The van der Waals surface area contributed by atoms with Gasteiger partial charge in [-0.3, -0.25) is 9.59 Å². The van der Waals surface area contributed by atoms with Crippen LogP contribution >= 0.6 is 11.8 Å². The highest BCUT2D eigenvalue weighted by Gasteiger charge is 2.18. The fraction of sp³-hybridized carbons (Fsp3) is 0.263. The molecule has 0 spiro atoms. The van der Waals surface area contributed by atoms with Crippen LogP contribution in [0.4, 0.5) is 4.39 Å². The van der Waals surface area contributed by atoms with E-state index in [4.69, 9.17) is 4.74 Å². The van der Waals surface area contributed by atoms with Crippen molar-refractivity contribution in [3.63, 3.8) is 0 Å². The summed E-state index contributed by atoms with van der Waals surface area (Å²) < 4.78 is 18.4. The van der Waals surface area contributed by atoms with E-state index in [1.54, 1.807) is 24.3 Å². The quantitative estimate of drug-likeness (QED) is 0.657. The molecule has 2 rings (SSSR count). The Balaban J connectivity index is 1.91. The summed E-state index contributed by atoms with van der Waals surface area (Å²) in [5.74, 6) is -0.000416. The highest BCUT2D eigenvalue weighted by atomic mass is 32.2. The third-order valence-electron chi connectivity index (χ3n) is 3.77. The SMILES string of the molecule is CNC(=O)C(Cc1ccc(OCC(O)c2ccc(F)cc2)cc1)SC=O. The Hall–Kier alpha value is -2.38. The minimum Gasteiger partial charge on any atom is -0.491 e. The number of aliphatic hydroxyl groups is 1. The number of thioether (sulfide) groups is 1. The van der Waals surface area contributed by atoms with Crippen molar-refractivity contribution in [2.24, 2.45) is 0 Å². The summed E-state index contributed by atoms with van der Waals surface area (Å²) in [5, 5.41) is 12.1. The topological polar surface area (TPSA) is 75.6 Å². The van der Waals surface area contributed by atoms with Gasteiger partial charge in [-0.25, -0.2) is 4.39 Å². The van der Waals surface area contributed by atoms with E-state index in [0.29, 0.717) is 23.4 Å². The van der Waals surface area contributed by atoms with Crippen LogP contribution in [0.15, 0.2) is 48.5 Å². The second-order valence-electron chi connectivity index (χ2n) is 5.56. The Morgan fingerprint density at radius 2 is 1.88 bits per heavy atom. The van der Waals surface area contributed by atoms with Gasteiger partial charge in [0.05, 0.1) is 5.25 Å². The molecule has 2 unspecified atom stereocenters. The van der Waals surface area contributed by atoms with Gasteiger partial charge in [0.2, 0.25) is 5.91 Å². The molecule has 0 aliphatic heterocycles. The largest absolute Gasteiger partial charge is 0.491 e. The first kappa shape index (κ1) is 19.9. The molecule has 0 aliphatic carbocycles. The monoisotopic (exact) mass is 377 g/mol. The summed E-state index contributed by atoms with van der Waals surface area (Å²) in [5.41, 5.74) is 2.12. The summed E-state index contributed by atoms with van der Waals surface area (Å²) in [6.07, 6.45) is -0.446. The van der Waals surface area contributed by atoms with Crippen LogP contribution < -0.4 is 10.1 Å². The first-order valence-corrected chi connectivity index (χ1v) is 8.93. The molecular formula is C19H20FNO4S. The van der Waals surface area contributed by atoms with Crippen LogP contribution in [0.25, 0.3) is 0 Å². The van der Waals surface area contributed by atoms with Crippen molar-refractivity contribution in [2.75, 3.05) is 13.7 Å². The lowest BCUT2D eigenvalue weighted by Crippen LogP contribution is -2.31. The third-order valence-corrected chi connectivity index (χ3v) is 4.59. The number of ether oxygens (including phenoxy) is 1. The molecule has 0 radical (unpaired) electrons. The second-order valence-corrected chi connectivity index (χ2v) is 6.60. The maximum Gasteiger partial charge on any atom is 0.233 e. The van der Waals surface area contributed by atoms with Crippen molar-refractivity contribution in [3.05, 3.63) is 65.5 Å². The zero-order valence-electron chi connectivity index (χ0n) is 14.2. The van der Waals surface area contributed by atoms with Gasteiger partial charge in [-0.2, -0.15) is 0 Å². The lowest BCUT2D eigenvalue weighted by atomic mass is 10.1. The molecule has 26 heavy (non-hydrogen) atoms. The summed E-state index contributed by atoms with van der Waals surface area (Å²) in [4.78, 5) is 22.4. The minimum atomic E-state index is -0.864. The molecule has 138 valence electrons. The minimum absolute atomic E-state index is 0.0346. The van der Waals surface area contributed by atoms with Gasteiger partial charge >= 0.3 is 0 Å². The van der Waals surface area contributed by atoms with Crippen LogP contribution in [-0.2, 0) is 16.0 Å². The van der Waals surface area contributed by atoms with Crippen molar-refractivity contribution in [1.82, 2.24) is 5.32 Å². The summed E-state index contributed by atoms with van der Waals surface area (Å²) in [6, 6.07) is 12.7. The van der Waals surface area contributed by atoms with Crippen LogP contribution in [0.2, 0.25) is 0 Å². The lowest BCUT2D eigenvalue weighted by molar-refractivity contribution is -0.120. The Labute approximate surface area is 155 Å². The molecule has 2 aromatic rings. The van der Waals surface area contributed by atoms with Crippen LogP contribution in [0, 0.1) is 5.82 Å². The van der Waals surface area contributed by atoms with E-state index in [0.717, 1.165) is 17.3 Å². The number of rotatable bonds is 9. The predicted octanol–water partition coefficient (Wildman–Crippen LogP) is 2.52. The van der Waals surface area contributed by atoms with Gasteiger partial charge in [0.25, 0.3) is 0 Å². The molecule has 2 atom stereocenters. The van der Waals surface area contributed by atoms with Crippen LogP contribution in [0.3, 0.4) is 0 Å². The average molecular weight is 377 g/mol. The smallest absolute Gasteiger partial charge is 0.233 e. The zero-order valence-corrected chi connectivity index (χ0v) is 15.0. The maximum absolute atomic E-state index is 12.9. The fourth-order valence-corrected chi connectivity index (χ4v) is 2.99. The van der Waals surface area contributed by atoms with Crippen molar-refractivity contribution in [1.29, 1.82) is 0 Å². The number of halogens is 1. The van der Waals surface area contributed by atoms with Crippen molar-refractivity contribution < 1.29 is 23.8 Å². The Morgan fingerprint density at radius 1 is 1.23 bits per heavy atom. The van der Waals surface area contributed by atoms with Gasteiger partial charge in [-0.15, -0.1) is 0 Å². The van der Waals surface area contributed by atoms with Crippen molar-refractivity contribution in [2.45, 2.75) is 17.8 Å². The van der Waals surface area contributed by atoms with Crippen LogP contribution in [0.1, 0.15) is 17.2 Å². The van der Waals surface area contributed by atoms with Crippen LogP contribution in [-0.4, -0.2) is 35.5 Å². The number of hydrogen-bond acceptors (Lipinski definition) is 5. The summed E-state index contributed by atoms with van der Waals surface area (Å²) in [6.45, 7) is 0.0346. The van der Waals surface area contributed by atoms with E-state index in [9.17, 15) is 19.1 Å². The second kappa shape index (κ2) is 9.94. The van der Waals surface area contributed by atoms with Gasteiger partial charge in [-0.05, 0) is 41.8 Å². The standard InChI is InChI=1S/C19H20FNO4S/c1-21-19(24)18(26-12-22)10-13-2-8-16(9-3-13)25-11-17(23)14-4-6-15(20)7-5-14/h2-9,12,17-18,23H,10-11H2,1H3,(H,21,24). The van der Waals surface area contributed by atoms with Gasteiger partial charge in [0.15, 0.2) is 5.62 Å². The van der Waals surface area contributed by atoms with Gasteiger partial charge in [0.1, 0.15) is 24.3 Å². The van der Waals surface area contributed by atoms with E-state index in [1.807, 2.05) is 0 Å². The average Bonchev–Trinajstić information content (AvgIpc) is 2.66. The third kappa shape index (κ3) is 5.86. The lowest BCUT2D eigenvalue weighted by Gasteiger charge is -2.14. The first-order chi connectivity index (χ1) is 12.5. The van der Waals surface area contributed by atoms with Gasteiger partial charge in [0, 0.05) is 7.05 Å². The van der Waals surface area contributed by atoms with Crippen molar-refractivity contribution in [3.8, 4) is 5.75 Å². The Bertz CT molecular complexity index is 721. The molecule has 1 amide bonds. The van der Waals surface area contributed by atoms with Gasteiger partial charge in [-0.1, -0.05) is 36.0 Å². The molecule has 7 heteroatoms. The number of carbonyl (C=O) groups is 2. The Morgan fingerprint density at radius 3 is 2.46 bits per heavy atom. The molecule has 0 fully saturated rings. The number of hydrogen-bond donors (Lipinski definition) is 2. The zero-order chi connectivity index (χ0) is 18.9. The van der Waals surface area contributed by atoms with Crippen molar-refractivity contribution >= 4 is 23.3 Å². The van der Waals surface area contributed by atoms with E-state index in [2.05, 4.69) is 5.32 Å². The normalized spacial score (nSPS) is 12.9. The molecule has 0 saturated heterocycles. The van der Waals surface area contributed by atoms with Crippen LogP contribution in [0.5, 0.6) is 5.75 Å². The molecule has 0 bridgehead atoms. The summed E-state index contributed by atoms with van der Waals surface area (Å²) in [7, 11) is 1.53. The molecule has 2 aromatic carbocycles. The van der Waals surface area contributed by atoms with E-state index in [-0.39, 0.29) is 18.3 Å². The Kier molecular flexibility index (Phi) is 7.62. The molecule has 0 heterocycles. The number of amides is 1. The summed E-state index contributed by atoms with van der Waals surface area (Å²) >= 11 is 0.937. The highest BCUT2D eigenvalue weighted by Crippen LogP contribution is 2.20. The van der Waals surface area contributed by atoms with E-state index >= 15 is 0 Å². The molecule has 0 aromatic heterocycles. The maximum atomic E-state index is 12.9. The molecule has 2 N–H and O–H groups in total. The first-order valence-electron chi connectivity index (χ1n) is 7.99. The molecule has 0 saturated carbocycles. The number of carbonyl (C=O) groups excluding carboxylic acids is 2. The molecule has 0 aliphatic rings. The number of benzene rings is 2. The fourth-order valence-electron chi connectivity index (χ4n) is 2.32. The molecule has 5 nitrogen and oxygen atoms in total. The number of aliphatic hydroxyl groups excluding tert-OH is 1. The van der Waals surface area contributed by atoms with E-state index in [1.165, 1.54) is 31.3 Å². The predicted molar refractivity (Wildman–Crippen MR) is 99.2 cm³/mol.